The van der Waals surface area contributed by atoms with E-state index in [2.05, 4.69) is 6.92 Å². The molecule has 0 rings (SSSR count). The number of aliphatic hydroxyl groups is 3. The molecule has 0 aromatic carbocycles. The lowest BCUT2D eigenvalue weighted by Crippen LogP contribution is -2.49. The Morgan fingerprint density at radius 1 is 0.714 bits per heavy atom. The molecule has 0 unspecified atom stereocenters. The van der Waals surface area contributed by atoms with Crippen LogP contribution in [0.1, 0.15) is 84.5 Å². The first kappa shape index (κ1) is 20.8. The molecule has 0 radical (unpaired) electrons. The van der Waals surface area contributed by atoms with E-state index in [1.54, 1.807) is 11.8 Å². The third kappa shape index (κ3) is 11.1. The Labute approximate surface area is 131 Å². The lowest BCUT2D eigenvalue weighted by atomic mass is 10.1. The molecule has 0 bridgehead atoms. The van der Waals surface area contributed by atoms with Crippen LogP contribution in [0.3, 0.4) is 0 Å². The number of rotatable bonds is 15. The lowest BCUT2D eigenvalue weighted by Gasteiger charge is -2.34. The van der Waals surface area contributed by atoms with Gasteiger partial charge in [-0.25, -0.2) is 0 Å². The smallest absolute Gasteiger partial charge is 0.224 e. The lowest BCUT2D eigenvalue weighted by molar-refractivity contribution is -0.267. The minimum Gasteiger partial charge on any atom is -0.395 e. The maximum atomic E-state index is 9.83. The summed E-state index contributed by atoms with van der Waals surface area (Å²) in [6.45, 7) is 4.89. The van der Waals surface area contributed by atoms with Crippen LogP contribution in [0.5, 0.6) is 0 Å². The molecule has 0 spiro atoms. The topological polar surface area (TPSA) is 63.9 Å². The Bertz CT molecular complexity index is 222. The van der Waals surface area contributed by atoms with E-state index in [-0.39, 0.29) is 13.0 Å². The Hall–Kier alpha value is -0.160. The molecule has 0 saturated carbocycles. The van der Waals surface area contributed by atoms with Gasteiger partial charge in [-0.1, -0.05) is 71.6 Å². The summed E-state index contributed by atoms with van der Waals surface area (Å²) in [5.41, 5.74) is 0. The minimum absolute atomic E-state index is 0.0410. The second-order valence-electron chi connectivity index (χ2n) is 6.02. The average molecular weight is 303 g/mol. The highest BCUT2D eigenvalue weighted by atomic mass is 16.5. The van der Waals surface area contributed by atoms with E-state index < -0.39 is 5.91 Å². The van der Waals surface area contributed by atoms with Gasteiger partial charge in [0, 0.05) is 19.5 Å². The molecular formula is C17H37NO3. The molecule has 0 aliphatic carbocycles. The normalized spacial score (nSPS) is 12.3. The Morgan fingerprint density at radius 2 is 1.19 bits per heavy atom. The molecule has 4 nitrogen and oxygen atoms in total. The standard InChI is InChI=1S/C17H37NO3/c1-3-5-6-7-8-9-10-11-12-13-14-18(15-16-19)17(20,21)4-2/h19-21H,3-16H2,1-2H3. The fourth-order valence-corrected chi connectivity index (χ4v) is 2.60. The maximum absolute atomic E-state index is 9.83. The number of hydrogen-bond acceptors (Lipinski definition) is 4. The van der Waals surface area contributed by atoms with Crippen molar-refractivity contribution in [3.8, 4) is 0 Å². The highest BCUT2D eigenvalue weighted by molar-refractivity contribution is 4.67. The predicted octanol–water partition coefficient (Wildman–Crippen LogP) is 3.25. The first-order valence-electron chi connectivity index (χ1n) is 8.89. The summed E-state index contributed by atoms with van der Waals surface area (Å²) in [6.07, 6.45) is 12.9. The van der Waals surface area contributed by atoms with E-state index >= 15 is 0 Å². The third-order valence-corrected chi connectivity index (χ3v) is 4.13. The molecule has 0 aliphatic rings. The van der Waals surface area contributed by atoms with Crippen LogP contribution < -0.4 is 0 Å². The summed E-state index contributed by atoms with van der Waals surface area (Å²) in [6, 6.07) is 0. The van der Waals surface area contributed by atoms with Gasteiger partial charge in [0.25, 0.3) is 0 Å². The highest BCUT2D eigenvalue weighted by Gasteiger charge is 2.28. The number of hydrogen-bond donors (Lipinski definition) is 3. The fourth-order valence-electron chi connectivity index (χ4n) is 2.60. The maximum Gasteiger partial charge on any atom is 0.224 e. The van der Waals surface area contributed by atoms with Crippen LogP contribution in [0, 0.1) is 0 Å². The zero-order chi connectivity index (χ0) is 16.0. The molecule has 3 N–H and O–H groups in total. The van der Waals surface area contributed by atoms with Crippen LogP contribution in [0.15, 0.2) is 0 Å². The second kappa shape index (κ2) is 13.5. The van der Waals surface area contributed by atoms with Gasteiger partial charge in [-0.2, -0.15) is 0 Å². The quantitative estimate of drug-likeness (QED) is 0.321. The van der Waals surface area contributed by atoms with Crippen molar-refractivity contribution >= 4 is 0 Å². The molecule has 21 heavy (non-hydrogen) atoms. The van der Waals surface area contributed by atoms with Crippen molar-refractivity contribution in [2.45, 2.75) is 90.4 Å². The van der Waals surface area contributed by atoms with Gasteiger partial charge >= 0.3 is 0 Å². The van der Waals surface area contributed by atoms with Crippen LogP contribution in [-0.2, 0) is 0 Å². The average Bonchev–Trinajstić information content (AvgIpc) is 2.48. The van der Waals surface area contributed by atoms with Gasteiger partial charge in [0.1, 0.15) is 0 Å². The molecular weight excluding hydrogens is 266 g/mol. The molecule has 0 aromatic heterocycles. The summed E-state index contributed by atoms with van der Waals surface area (Å²) >= 11 is 0. The van der Waals surface area contributed by atoms with Crippen molar-refractivity contribution in [3.63, 3.8) is 0 Å². The summed E-state index contributed by atoms with van der Waals surface area (Å²) in [4.78, 5) is 1.57. The number of nitrogens with zero attached hydrogens (tertiary/aromatic N) is 1. The van der Waals surface area contributed by atoms with E-state index in [0.717, 1.165) is 12.8 Å². The van der Waals surface area contributed by atoms with Crippen LogP contribution in [0.2, 0.25) is 0 Å². The molecule has 0 aliphatic heterocycles. The summed E-state index contributed by atoms with van der Waals surface area (Å²) in [5, 5.41) is 28.6. The van der Waals surface area contributed by atoms with Gasteiger partial charge in [0.05, 0.1) is 6.61 Å². The Balaban J connectivity index is 3.54. The molecule has 0 amide bonds. The van der Waals surface area contributed by atoms with E-state index in [1.807, 2.05) is 0 Å². The van der Waals surface area contributed by atoms with E-state index in [9.17, 15) is 10.2 Å². The van der Waals surface area contributed by atoms with E-state index in [4.69, 9.17) is 5.11 Å². The number of unbranched alkanes of at least 4 members (excludes halogenated alkanes) is 9. The monoisotopic (exact) mass is 303 g/mol. The third-order valence-electron chi connectivity index (χ3n) is 4.13. The minimum atomic E-state index is -1.78. The largest absolute Gasteiger partial charge is 0.395 e. The highest BCUT2D eigenvalue weighted by Crippen LogP contribution is 2.15. The van der Waals surface area contributed by atoms with Gasteiger partial charge < -0.3 is 15.3 Å². The van der Waals surface area contributed by atoms with Crippen molar-refractivity contribution in [1.82, 2.24) is 4.90 Å². The molecule has 0 aromatic rings. The van der Waals surface area contributed by atoms with Crippen molar-refractivity contribution in [1.29, 1.82) is 0 Å². The molecule has 0 saturated heterocycles. The molecule has 0 heterocycles. The van der Waals surface area contributed by atoms with Crippen molar-refractivity contribution < 1.29 is 15.3 Å². The first-order chi connectivity index (χ1) is 10.1. The summed E-state index contributed by atoms with van der Waals surface area (Å²) < 4.78 is 0. The van der Waals surface area contributed by atoms with Gasteiger partial charge in [-0.05, 0) is 6.42 Å². The predicted molar refractivity (Wildman–Crippen MR) is 88.0 cm³/mol. The van der Waals surface area contributed by atoms with Crippen LogP contribution in [0.4, 0.5) is 0 Å². The van der Waals surface area contributed by atoms with Crippen molar-refractivity contribution in [2.75, 3.05) is 19.7 Å². The molecule has 0 atom stereocenters. The van der Waals surface area contributed by atoms with Gasteiger partial charge in [0.15, 0.2) is 0 Å². The Morgan fingerprint density at radius 3 is 1.62 bits per heavy atom. The molecule has 4 heteroatoms. The molecule has 128 valence electrons. The zero-order valence-corrected chi connectivity index (χ0v) is 14.2. The van der Waals surface area contributed by atoms with Crippen molar-refractivity contribution in [2.24, 2.45) is 0 Å². The zero-order valence-electron chi connectivity index (χ0n) is 14.2. The van der Waals surface area contributed by atoms with Crippen molar-refractivity contribution in [3.05, 3.63) is 0 Å². The summed E-state index contributed by atoms with van der Waals surface area (Å²) in [7, 11) is 0. The van der Waals surface area contributed by atoms with Crippen LogP contribution >= 0.6 is 0 Å². The van der Waals surface area contributed by atoms with Gasteiger partial charge in [0.2, 0.25) is 5.91 Å². The van der Waals surface area contributed by atoms with E-state index in [1.165, 1.54) is 51.4 Å². The van der Waals surface area contributed by atoms with Gasteiger partial charge in [-0.3, -0.25) is 4.90 Å². The van der Waals surface area contributed by atoms with E-state index in [0.29, 0.717) is 13.1 Å². The summed E-state index contributed by atoms with van der Waals surface area (Å²) in [5.74, 6) is -1.78. The van der Waals surface area contributed by atoms with Crippen LogP contribution in [0.25, 0.3) is 0 Å². The van der Waals surface area contributed by atoms with Crippen LogP contribution in [-0.4, -0.2) is 45.8 Å². The SMILES string of the molecule is CCCCCCCCCCCCN(CCO)C(O)(O)CC. The first-order valence-corrected chi connectivity index (χ1v) is 8.89. The fraction of sp³-hybridized carbons (Fsp3) is 1.00. The van der Waals surface area contributed by atoms with Gasteiger partial charge in [-0.15, -0.1) is 0 Å². The molecule has 0 fully saturated rings. The second-order valence-corrected chi connectivity index (χ2v) is 6.02. The Kier molecular flexibility index (Phi) is 13.4. The number of aliphatic hydroxyl groups excluding tert-OH is 1.